The lowest BCUT2D eigenvalue weighted by molar-refractivity contribution is -0.437. The molecule has 20 nitrogen and oxygen atoms in total. The second-order valence-corrected chi connectivity index (χ2v) is 24.1. The van der Waals surface area contributed by atoms with Gasteiger partial charge in [-0.05, 0) is 92.6 Å². The van der Waals surface area contributed by atoms with Crippen molar-refractivity contribution in [3.05, 3.63) is 94.4 Å². The van der Waals surface area contributed by atoms with E-state index in [4.69, 9.17) is 0 Å². The Bertz CT molecular complexity index is 2990. The second-order valence-electron chi connectivity index (χ2n) is 16.6. The Kier molecular flexibility index (Phi) is 14.4. The minimum absolute atomic E-state index is 0.0179. The van der Waals surface area contributed by atoms with Crippen molar-refractivity contribution in [2.24, 2.45) is 0 Å². The third-order valence-corrected chi connectivity index (χ3v) is 15.4. The number of fused-ring (bicyclic) bond motifs is 2. The molecule has 0 radical (unpaired) electrons. The fraction of sp³-hybridized carbons (Fsp3) is 0.436. The quantitative estimate of drug-likeness (QED) is 0.0828. The van der Waals surface area contributed by atoms with Crippen molar-refractivity contribution in [2.45, 2.75) is 86.5 Å². The molecule has 7 N–H and O–H groups in total. The number of nitrogens with one attached hydrogen (secondary N) is 1. The molecule has 25 heteroatoms. The number of aliphatic carboxylic acids is 1. The van der Waals surface area contributed by atoms with Crippen LogP contribution in [0.1, 0.15) is 70.9 Å². The predicted molar refractivity (Wildman–Crippen MR) is 235 cm³/mol. The molecule has 2 aromatic rings. The molecule has 1 aliphatic carbocycles. The average Bonchev–Trinajstić information content (AvgIpc) is 3.48. The summed E-state index contributed by atoms with van der Waals surface area (Å²) in [4.78, 5) is 13.4. The molecule has 2 aliphatic heterocycles. The monoisotopic (exact) mass is 992 g/mol. The molecule has 3 aliphatic rings. The lowest BCUT2D eigenvalue weighted by atomic mass is 9.81. The molecule has 1 unspecified atom stereocenters. The van der Waals surface area contributed by atoms with Gasteiger partial charge in [0.05, 0.1) is 26.7 Å². The Balaban J connectivity index is 1.70. The summed E-state index contributed by atoms with van der Waals surface area (Å²) in [6.07, 6.45) is 7.47. The third kappa shape index (κ3) is 11.9. The first kappa shape index (κ1) is 50.7. The highest BCUT2D eigenvalue weighted by molar-refractivity contribution is 7.86. The van der Waals surface area contributed by atoms with Gasteiger partial charge >= 0.3 is 5.97 Å². The van der Waals surface area contributed by atoms with E-state index >= 15 is 0 Å². The predicted octanol–water partition coefficient (Wildman–Crippen LogP) is 3.64. The van der Waals surface area contributed by atoms with Crippen LogP contribution in [0.25, 0.3) is 0 Å². The van der Waals surface area contributed by atoms with E-state index in [2.05, 4.69) is 5.32 Å². The molecular formula is C39H50N3O17S5+. The van der Waals surface area contributed by atoms with Gasteiger partial charge in [0.1, 0.15) is 18.3 Å². The van der Waals surface area contributed by atoms with Gasteiger partial charge in [0.2, 0.25) is 5.69 Å². The van der Waals surface area contributed by atoms with Gasteiger partial charge in [0, 0.05) is 53.2 Å². The first-order chi connectivity index (χ1) is 29.2. The average molecular weight is 993 g/mol. The van der Waals surface area contributed by atoms with E-state index in [1.165, 1.54) is 36.4 Å². The van der Waals surface area contributed by atoms with Crippen LogP contribution < -0.4 is 10.2 Å². The summed E-state index contributed by atoms with van der Waals surface area (Å²) >= 11 is 0. The molecule has 0 spiro atoms. The molecule has 2 heterocycles. The highest BCUT2D eigenvalue weighted by atomic mass is 32.2. The summed E-state index contributed by atoms with van der Waals surface area (Å²) in [5.41, 5.74) is 1.87. The van der Waals surface area contributed by atoms with Gasteiger partial charge in [-0.3, -0.25) is 22.8 Å². The van der Waals surface area contributed by atoms with Crippen molar-refractivity contribution in [1.29, 1.82) is 0 Å². The van der Waals surface area contributed by atoms with Gasteiger partial charge in [0.15, 0.2) is 5.71 Å². The topological polar surface area (TPSA) is 327 Å². The van der Waals surface area contributed by atoms with Crippen molar-refractivity contribution >= 4 is 73.6 Å². The number of carboxylic acid groups (broad SMARTS) is 1. The zero-order valence-corrected chi connectivity index (χ0v) is 39.1. The maximum atomic E-state index is 12.5. The Hall–Kier alpha value is -4.31. The van der Waals surface area contributed by atoms with Crippen LogP contribution in [0.5, 0.6) is 0 Å². The summed E-state index contributed by atoms with van der Waals surface area (Å²) in [6, 6.07) is 5.95. The summed E-state index contributed by atoms with van der Waals surface area (Å²) in [7, 11) is -22.9. The third-order valence-electron chi connectivity index (χ3n) is 11.3. The van der Waals surface area contributed by atoms with Crippen molar-refractivity contribution in [1.82, 2.24) is 5.32 Å². The summed E-state index contributed by atoms with van der Waals surface area (Å²) in [6.45, 7) is 7.05. The van der Waals surface area contributed by atoms with E-state index < -0.39 is 100 Å². The van der Waals surface area contributed by atoms with Gasteiger partial charge in [-0.2, -0.15) is 46.7 Å². The summed E-state index contributed by atoms with van der Waals surface area (Å²) in [5, 5.41) is 12.9. The fourth-order valence-electron chi connectivity index (χ4n) is 8.28. The Morgan fingerprint density at radius 3 is 1.89 bits per heavy atom. The minimum Gasteiger partial charge on any atom is -0.480 e. The fourth-order valence-corrected chi connectivity index (χ4v) is 10.9. The largest absolute Gasteiger partial charge is 0.480 e. The lowest BCUT2D eigenvalue weighted by Crippen LogP contribution is -2.42. The lowest BCUT2D eigenvalue weighted by Gasteiger charge is -2.28. The van der Waals surface area contributed by atoms with Crippen molar-refractivity contribution in [2.75, 3.05) is 35.2 Å². The highest BCUT2D eigenvalue weighted by Gasteiger charge is 2.45. The molecule has 0 saturated carbocycles. The van der Waals surface area contributed by atoms with Crippen LogP contribution in [0.3, 0.4) is 0 Å². The van der Waals surface area contributed by atoms with Crippen LogP contribution in [-0.4, -0.2) is 123 Å². The number of carbonyl (C=O) groups is 1. The van der Waals surface area contributed by atoms with Crippen LogP contribution in [0.4, 0.5) is 11.4 Å². The van der Waals surface area contributed by atoms with E-state index in [0.717, 1.165) is 0 Å². The maximum absolute atomic E-state index is 12.5. The number of anilines is 1. The first-order valence-corrected chi connectivity index (χ1v) is 27.3. The Morgan fingerprint density at radius 2 is 1.33 bits per heavy atom. The molecule has 0 aromatic heterocycles. The zero-order chi connectivity index (χ0) is 48.0. The number of rotatable bonds is 18. The molecule has 2 aromatic carbocycles. The van der Waals surface area contributed by atoms with E-state index in [0.29, 0.717) is 64.3 Å². The van der Waals surface area contributed by atoms with E-state index in [1.807, 2.05) is 0 Å². The minimum atomic E-state index is -4.85. The SMILES string of the molecule is CC1(C)C(/C=C/C2=C(NC(CS(=O)(=O)O)C(=O)O)C(=C/C=C3\N(CCCS(=O)(=O)O)c4ccc(S(=O)(=O)O)cc4C3(C)C)/CCC2)=[N+](CCCS(=O)(=O)O)c2ccc(S(=O)(=O)O)cc21. The van der Waals surface area contributed by atoms with Crippen molar-refractivity contribution < 1.29 is 79.3 Å². The van der Waals surface area contributed by atoms with Gasteiger partial charge < -0.3 is 15.3 Å². The van der Waals surface area contributed by atoms with Gasteiger partial charge in [-0.15, -0.1) is 0 Å². The molecule has 0 fully saturated rings. The molecule has 0 amide bonds. The van der Waals surface area contributed by atoms with Crippen LogP contribution >= 0.6 is 0 Å². The van der Waals surface area contributed by atoms with E-state index in [1.54, 1.807) is 61.5 Å². The molecule has 0 saturated heterocycles. The van der Waals surface area contributed by atoms with Gasteiger partial charge in [0.25, 0.3) is 50.6 Å². The molecule has 1 atom stereocenters. The zero-order valence-electron chi connectivity index (χ0n) is 35.0. The van der Waals surface area contributed by atoms with E-state index in [9.17, 15) is 74.8 Å². The van der Waals surface area contributed by atoms with Crippen LogP contribution in [-0.2, 0) is 66.2 Å². The summed E-state index contributed by atoms with van der Waals surface area (Å²) in [5.74, 6) is -4.05. The second kappa shape index (κ2) is 18.2. The molecule has 0 bridgehead atoms. The number of nitrogens with zero attached hydrogens (tertiary/aromatic N) is 2. The Morgan fingerprint density at radius 1 is 0.750 bits per heavy atom. The standard InChI is InChI=1S/C39H49N3O17S5/c1-38(2)29-22-27(63(54,55)56)12-14-32(29)41(18-6-20-60(45,46)47)34(38)16-10-25-8-5-9-26(36(25)40-31(37(43)44)24-62(51,52)53)11-17-35-39(3,4)30-23-28(64(57,58)59)13-15-33(30)42(35)19-7-21-61(48,49)50/h10-17,22-23,31H,5-9,18-21,24H2,1-4H3,(H6,43,44,45,46,47,48,49,50,51,52,53,54,55,56,57,58,59)/p+1/b25-10+,34-16-. The molecule has 64 heavy (non-hydrogen) atoms. The van der Waals surface area contributed by atoms with Crippen molar-refractivity contribution in [3.8, 4) is 0 Å². The Labute approximate surface area is 372 Å². The normalized spacial score (nSPS) is 19.7. The smallest absolute Gasteiger partial charge is 0.327 e. The number of hydrogen-bond donors (Lipinski definition) is 7. The summed E-state index contributed by atoms with van der Waals surface area (Å²) < 4.78 is 169. The number of carboxylic acids is 1. The van der Waals surface area contributed by atoms with Crippen LogP contribution in [0.2, 0.25) is 0 Å². The number of benzene rings is 2. The number of hydrogen-bond acceptors (Lipinski definition) is 13. The maximum Gasteiger partial charge on any atom is 0.327 e. The first-order valence-electron chi connectivity index (χ1n) is 19.5. The van der Waals surface area contributed by atoms with Gasteiger partial charge in [-0.25, -0.2) is 4.79 Å². The van der Waals surface area contributed by atoms with E-state index in [-0.39, 0.29) is 31.6 Å². The van der Waals surface area contributed by atoms with Crippen LogP contribution in [0.15, 0.2) is 93.0 Å². The van der Waals surface area contributed by atoms with Crippen LogP contribution in [0, 0.1) is 0 Å². The molecular weight excluding hydrogens is 943 g/mol. The molecule has 5 rings (SSSR count). The molecule has 352 valence electrons. The number of allylic oxidation sites excluding steroid dienone is 7. The van der Waals surface area contributed by atoms with Crippen molar-refractivity contribution in [3.63, 3.8) is 0 Å². The highest BCUT2D eigenvalue weighted by Crippen LogP contribution is 2.49. The van der Waals surface area contributed by atoms with Gasteiger partial charge in [-0.1, -0.05) is 26.0 Å².